The van der Waals surface area contributed by atoms with Gasteiger partial charge in [0, 0.05) is 37.4 Å². The second kappa shape index (κ2) is 6.13. The average molecular weight is 296 g/mol. The number of nitrogens with zero attached hydrogens (tertiary/aromatic N) is 2. The fourth-order valence-corrected chi connectivity index (χ4v) is 2.31. The Kier molecular flexibility index (Phi) is 4.49. The Labute approximate surface area is 123 Å². The molecule has 1 aliphatic heterocycles. The molecule has 1 aromatic rings. The van der Waals surface area contributed by atoms with Crippen molar-refractivity contribution in [3.63, 3.8) is 0 Å². The zero-order valence-electron chi connectivity index (χ0n) is 11.6. The number of carbonyl (C=O) groups excluding carboxylic acids is 2. The van der Waals surface area contributed by atoms with E-state index in [9.17, 15) is 9.59 Å². The van der Waals surface area contributed by atoms with Crippen molar-refractivity contribution in [1.82, 2.24) is 9.80 Å². The van der Waals surface area contributed by atoms with Gasteiger partial charge < -0.3 is 15.1 Å². The topological polar surface area (TPSA) is 52.7 Å². The Morgan fingerprint density at radius 2 is 2.15 bits per heavy atom. The van der Waals surface area contributed by atoms with Crippen LogP contribution in [0.4, 0.5) is 5.69 Å². The molecule has 2 amide bonds. The van der Waals surface area contributed by atoms with Gasteiger partial charge in [-0.1, -0.05) is 11.6 Å². The minimum absolute atomic E-state index is 0.0448. The summed E-state index contributed by atoms with van der Waals surface area (Å²) in [5, 5.41) is 3.65. The lowest BCUT2D eigenvalue weighted by molar-refractivity contribution is -0.133. The number of hydrogen-bond donors (Lipinski definition) is 1. The minimum atomic E-state index is -0.162. The van der Waals surface area contributed by atoms with Gasteiger partial charge in [-0.25, -0.2) is 0 Å². The molecule has 0 aromatic heterocycles. The third-order valence-electron chi connectivity index (χ3n) is 3.32. The number of amides is 2. The summed E-state index contributed by atoms with van der Waals surface area (Å²) in [5.41, 5.74) is 1.25. The van der Waals surface area contributed by atoms with Gasteiger partial charge in [-0.2, -0.15) is 0 Å². The highest BCUT2D eigenvalue weighted by Gasteiger charge is 2.27. The molecule has 0 aliphatic carbocycles. The Morgan fingerprint density at radius 3 is 2.80 bits per heavy atom. The predicted octanol–water partition coefficient (Wildman–Crippen LogP) is 1.69. The molecule has 1 aromatic carbocycles. The molecular formula is C14H18ClN3O2. The fraction of sp³-hybridized carbons (Fsp3) is 0.429. The summed E-state index contributed by atoms with van der Waals surface area (Å²) in [6.07, 6.45) is 0. The van der Waals surface area contributed by atoms with Crippen molar-refractivity contribution in [2.75, 3.05) is 38.5 Å². The lowest BCUT2D eigenvalue weighted by Crippen LogP contribution is -2.50. The number of rotatable bonds is 3. The molecular weight excluding hydrogens is 278 g/mol. The van der Waals surface area contributed by atoms with E-state index in [0.29, 0.717) is 30.2 Å². The first kappa shape index (κ1) is 14.7. The van der Waals surface area contributed by atoms with Crippen LogP contribution in [0.1, 0.15) is 17.3 Å². The van der Waals surface area contributed by atoms with Crippen LogP contribution in [-0.2, 0) is 4.79 Å². The average Bonchev–Trinajstić information content (AvgIpc) is 2.43. The third-order valence-corrected chi connectivity index (χ3v) is 3.56. The van der Waals surface area contributed by atoms with Gasteiger partial charge in [-0.3, -0.25) is 9.59 Å². The molecule has 0 saturated carbocycles. The summed E-state index contributed by atoms with van der Waals surface area (Å²) in [4.78, 5) is 27.5. The van der Waals surface area contributed by atoms with Crippen molar-refractivity contribution in [2.24, 2.45) is 0 Å². The van der Waals surface area contributed by atoms with Crippen molar-refractivity contribution in [2.45, 2.75) is 6.92 Å². The standard InChI is InChI=1S/C14H18ClN3O2/c1-3-16-12-5-4-10(15)8-11(12)14(20)18-7-6-17(2)13(19)9-18/h4-5,8,16H,3,6-7,9H2,1-2H3. The van der Waals surface area contributed by atoms with Gasteiger partial charge >= 0.3 is 0 Å². The van der Waals surface area contributed by atoms with E-state index in [4.69, 9.17) is 11.6 Å². The van der Waals surface area contributed by atoms with Crippen LogP contribution in [0.5, 0.6) is 0 Å². The molecule has 2 rings (SSSR count). The van der Waals surface area contributed by atoms with E-state index in [1.54, 1.807) is 35.0 Å². The quantitative estimate of drug-likeness (QED) is 0.923. The Bertz CT molecular complexity index is 533. The number of hydrogen-bond acceptors (Lipinski definition) is 3. The lowest BCUT2D eigenvalue weighted by Gasteiger charge is -2.32. The van der Waals surface area contributed by atoms with Gasteiger partial charge in [0.2, 0.25) is 5.91 Å². The first-order chi connectivity index (χ1) is 9.52. The molecule has 1 heterocycles. The van der Waals surface area contributed by atoms with Gasteiger partial charge in [0.15, 0.2) is 0 Å². The highest BCUT2D eigenvalue weighted by molar-refractivity contribution is 6.31. The number of halogens is 1. The zero-order chi connectivity index (χ0) is 14.7. The molecule has 20 heavy (non-hydrogen) atoms. The third kappa shape index (κ3) is 3.04. The normalized spacial score (nSPS) is 15.4. The van der Waals surface area contributed by atoms with Crippen LogP contribution in [0.25, 0.3) is 0 Å². The number of piperazine rings is 1. The van der Waals surface area contributed by atoms with Crippen LogP contribution in [0.3, 0.4) is 0 Å². The number of anilines is 1. The fourth-order valence-electron chi connectivity index (χ4n) is 2.14. The Morgan fingerprint density at radius 1 is 1.40 bits per heavy atom. The summed E-state index contributed by atoms with van der Waals surface area (Å²) >= 11 is 5.98. The molecule has 1 N–H and O–H groups in total. The monoisotopic (exact) mass is 295 g/mol. The van der Waals surface area contributed by atoms with Gasteiger partial charge in [0.25, 0.3) is 5.91 Å². The second-order valence-corrected chi connectivity index (χ2v) is 5.20. The number of likely N-dealkylation sites (N-methyl/N-ethyl adjacent to an activating group) is 1. The van der Waals surface area contributed by atoms with Crippen molar-refractivity contribution in [3.05, 3.63) is 28.8 Å². The molecule has 0 bridgehead atoms. The molecule has 6 heteroatoms. The van der Waals surface area contributed by atoms with Gasteiger partial charge in [0.05, 0.1) is 5.56 Å². The predicted molar refractivity (Wildman–Crippen MR) is 79.2 cm³/mol. The smallest absolute Gasteiger partial charge is 0.256 e. The van der Waals surface area contributed by atoms with Gasteiger partial charge in [0.1, 0.15) is 6.54 Å². The summed E-state index contributed by atoms with van der Waals surface area (Å²) < 4.78 is 0. The SMILES string of the molecule is CCNc1ccc(Cl)cc1C(=O)N1CCN(C)C(=O)C1. The van der Waals surface area contributed by atoms with Crippen LogP contribution in [0.2, 0.25) is 5.02 Å². The summed E-state index contributed by atoms with van der Waals surface area (Å²) in [7, 11) is 1.74. The molecule has 0 atom stereocenters. The first-order valence-corrected chi connectivity index (χ1v) is 6.97. The maximum absolute atomic E-state index is 12.6. The molecule has 5 nitrogen and oxygen atoms in total. The van der Waals surface area contributed by atoms with E-state index in [2.05, 4.69) is 5.32 Å². The number of carbonyl (C=O) groups is 2. The summed E-state index contributed by atoms with van der Waals surface area (Å²) in [5.74, 6) is -0.207. The van der Waals surface area contributed by atoms with Crippen LogP contribution in [-0.4, -0.2) is 54.8 Å². The van der Waals surface area contributed by atoms with Crippen molar-refractivity contribution in [3.8, 4) is 0 Å². The molecule has 0 spiro atoms. The van der Waals surface area contributed by atoms with Crippen molar-refractivity contribution < 1.29 is 9.59 Å². The van der Waals surface area contributed by atoms with Gasteiger partial charge in [-0.15, -0.1) is 0 Å². The Balaban J connectivity index is 2.24. The van der Waals surface area contributed by atoms with Crippen molar-refractivity contribution >= 4 is 29.1 Å². The number of benzene rings is 1. The maximum atomic E-state index is 12.6. The van der Waals surface area contributed by atoms with E-state index in [1.165, 1.54) is 0 Å². The van der Waals surface area contributed by atoms with Gasteiger partial charge in [-0.05, 0) is 25.1 Å². The molecule has 0 radical (unpaired) electrons. The van der Waals surface area contributed by atoms with E-state index < -0.39 is 0 Å². The van der Waals surface area contributed by atoms with Crippen LogP contribution < -0.4 is 5.32 Å². The molecule has 1 saturated heterocycles. The van der Waals surface area contributed by atoms with E-state index >= 15 is 0 Å². The highest BCUT2D eigenvalue weighted by Crippen LogP contribution is 2.22. The highest BCUT2D eigenvalue weighted by atomic mass is 35.5. The van der Waals surface area contributed by atoms with E-state index in [0.717, 1.165) is 5.69 Å². The number of nitrogens with one attached hydrogen (secondary N) is 1. The largest absolute Gasteiger partial charge is 0.385 e. The molecule has 1 aliphatic rings. The van der Waals surface area contributed by atoms with Crippen LogP contribution in [0.15, 0.2) is 18.2 Å². The van der Waals surface area contributed by atoms with Crippen LogP contribution in [0, 0.1) is 0 Å². The van der Waals surface area contributed by atoms with E-state index in [-0.39, 0.29) is 18.4 Å². The van der Waals surface area contributed by atoms with Crippen molar-refractivity contribution in [1.29, 1.82) is 0 Å². The lowest BCUT2D eigenvalue weighted by atomic mass is 10.1. The maximum Gasteiger partial charge on any atom is 0.256 e. The minimum Gasteiger partial charge on any atom is -0.385 e. The van der Waals surface area contributed by atoms with Crippen LogP contribution >= 0.6 is 11.6 Å². The molecule has 108 valence electrons. The molecule has 0 unspecified atom stereocenters. The first-order valence-electron chi connectivity index (χ1n) is 6.59. The second-order valence-electron chi connectivity index (χ2n) is 4.76. The van der Waals surface area contributed by atoms with E-state index in [1.807, 2.05) is 6.92 Å². The zero-order valence-corrected chi connectivity index (χ0v) is 12.4. The summed E-state index contributed by atoms with van der Waals surface area (Å²) in [6, 6.07) is 5.17. The molecule has 1 fully saturated rings. The summed E-state index contributed by atoms with van der Waals surface area (Å²) in [6.45, 7) is 3.89. The Hall–Kier alpha value is -1.75.